The molecular formula is C21H27N5O4S2. The van der Waals surface area contributed by atoms with Crippen LogP contribution in [-0.4, -0.2) is 65.5 Å². The number of carbonyl (C=O) groups excluding carboxylic acids is 1. The van der Waals surface area contributed by atoms with Gasteiger partial charge in [-0.2, -0.15) is 4.31 Å². The lowest BCUT2D eigenvalue weighted by molar-refractivity contribution is -0.113. The van der Waals surface area contributed by atoms with Gasteiger partial charge in [-0.15, -0.1) is 16.8 Å². The van der Waals surface area contributed by atoms with E-state index in [0.29, 0.717) is 55.2 Å². The average molecular weight is 478 g/mol. The first kappa shape index (κ1) is 23.0. The van der Waals surface area contributed by atoms with Gasteiger partial charge >= 0.3 is 0 Å². The normalized spacial score (nSPS) is 17.3. The Labute approximate surface area is 192 Å². The Hall–Kier alpha value is -2.21. The van der Waals surface area contributed by atoms with Crippen molar-refractivity contribution in [2.24, 2.45) is 0 Å². The van der Waals surface area contributed by atoms with E-state index in [4.69, 9.17) is 4.74 Å². The summed E-state index contributed by atoms with van der Waals surface area (Å²) >= 11 is 1.31. The molecule has 1 saturated carbocycles. The van der Waals surface area contributed by atoms with Crippen molar-refractivity contribution in [3.05, 3.63) is 42.2 Å². The van der Waals surface area contributed by atoms with Crippen molar-refractivity contribution in [3.8, 4) is 0 Å². The molecule has 1 saturated heterocycles. The molecule has 2 aromatic rings. The van der Waals surface area contributed by atoms with Crippen molar-refractivity contribution in [3.63, 3.8) is 0 Å². The fourth-order valence-corrected chi connectivity index (χ4v) is 5.97. The number of aryl methyl sites for hydroxylation is 1. The first-order valence-corrected chi connectivity index (χ1v) is 13.0. The Morgan fingerprint density at radius 1 is 1.31 bits per heavy atom. The van der Waals surface area contributed by atoms with Gasteiger partial charge in [-0.05, 0) is 37.5 Å². The molecule has 11 heteroatoms. The molecule has 4 rings (SSSR count). The number of thioether (sulfide) groups is 1. The number of ether oxygens (including phenoxy) is 1. The Bertz CT molecular complexity index is 1110. The fraction of sp³-hybridized carbons (Fsp3) is 0.476. The number of rotatable bonds is 9. The van der Waals surface area contributed by atoms with Crippen LogP contribution >= 0.6 is 11.8 Å². The second-order valence-corrected chi connectivity index (χ2v) is 10.7. The van der Waals surface area contributed by atoms with E-state index in [9.17, 15) is 13.2 Å². The van der Waals surface area contributed by atoms with E-state index in [1.54, 1.807) is 25.1 Å². The first-order valence-electron chi connectivity index (χ1n) is 10.6. The zero-order chi connectivity index (χ0) is 22.7. The molecule has 1 aromatic carbocycles. The number of nitrogens with zero attached hydrogens (tertiary/aromatic N) is 4. The highest BCUT2D eigenvalue weighted by Crippen LogP contribution is 2.40. The number of carbonyl (C=O) groups is 1. The minimum atomic E-state index is -3.65. The predicted molar refractivity (Wildman–Crippen MR) is 122 cm³/mol. The number of hydrogen-bond donors (Lipinski definition) is 1. The molecule has 172 valence electrons. The summed E-state index contributed by atoms with van der Waals surface area (Å²) in [6.07, 6.45) is 4.02. The number of aromatic nitrogens is 3. The highest BCUT2D eigenvalue weighted by atomic mass is 32.2. The molecular weight excluding hydrogens is 450 g/mol. The summed E-state index contributed by atoms with van der Waals surface area (Å²) in [6.45, 7) is 7.55. The van der Waals surface area contributed by atoms with Crippen molar-refractivity contribution in [2.75, 3.05) is 37.4 Å². The third-order valence-electron chi connectivity index (χ3n) is 5.39. The van der Waals surface area contributed by atoms with Crippen molar-refractivity contribution >= 4 is 33.4 Å². The first-order chi connectivity index (χ1) is 15.4. The standard InChI is InChI=1S/C21H27N5O4S2/c1-3-8-26-20(16-5-6-16)23-24-21(26)31-14-19(27)22-17-7-4-15(2)18(13-17)32(28,29)25-9-11-30-12-10-25/h3-4,7,13,16H,1,5-6,8-12,14H2,2H3,(H,22,27). The van der Waals surface area contributed by atoms with E-state index in [1.165, 1.54) is 22.1 Å². The van der Waals surface area contributed by atoms with Crippen LogP contribution in [0.1, 0.15) is 30.1 Å². The van der Waals surface area contributed by atoms with Crippen LogP contribution in [0.4, 0.5) is 5.69 Å². The second-order valence-electron chi connectivity index (χ2n) is 7.85. The highest BCUT2D eigenvalue weighted by molar-refractivity contribution is 7.99. The smallest absolute Gasteiger partial charge is 0.243 e. The molecule has 1 aromatic heterocycles. The Morgan fingerprint density at radius 3 is 2.75 bits per heavy atom. The minimum Gasteiger partial charge on any atom is -0.379 e. The van der Waals surface area contributed by atoms with Gasteiger partial charge in [0.2, 0.25) is 15.9 Å². The maximum atomic E-state index is 13.0. The molecule has 0 spiro atoms. The van der Waals surface area contributed by atoms with Crippen LogP contribution in [-0.2, 0) is 26.1 Å². The molecule has 0 unspecified atom stereocenters. The topological polar surface area (TPSA) is 106 Å². The lowest BCUT2D eigenvalue weighted by atomic mass is 10.2. The number of morpholine rings is 1. The van der Waals surface area contributed by atoms with E-state index >= 15 is 0 Å². The summed E-state index contributed by atoms with van der Waals surface area (Å²) in [7, 11) is -3.65. The van der Waals surface area contributed by atoms with Crippen LogP contribution in [0.15, 0.2) is 40.9 Å². The monoisotopic (exact) mass is 477 g/mol. The maximum absolute atomic E-state index is 13.0. The Balaban J connectivity index is 1.43. The summed E-state index contributed by atoms with van der Waals surface area (Å²) in [5.41, 5.74) is 1.08. The minimum absolute atomic E-state index is 0.138. The molecule has 2 heterocycles. The number of nitrogens with one attached hydrogen (secondary N) is 1. The molecule has 1 N–H and O–H groups in total. The third kappa shape index (κ3) is 5.06. The molecule has 0 bridgehead atoms. The van der Waals surface area contributed by atoms with Gasteiger partial charge < -0.3 is 14.6 Å². The molecule has 0 atom stereocenters. The van der Waals surface area contributed by atoms with Crippen LogP contribution in [0.2, 0.25) is 0 Å². The number of sulfonamides is 1. The van der Waals surface area contributed by atoms with Crippen molar-refractivity contribution in [1.29, 1.82) is 0 Å². The summed E-state index contributed by atoms with van der Waals surface area (Å²) < 4.78 is 34.8. The fourth-order valence-electron chi connectivity index (χ4n) is 3.56. The van der Waals surface area contributed by atoms with E-state index in [2.05, 4.69) is 22.1 Å². The molecule has 2 fully saturated rings. The van der Waals surface area contributed by atoms with E-state index in [1.807, 2.05) is 4.57 Å². The van der Waals surface area contributed by atoms with E-state index in [-0.39, 0.29) is 16.6 Å². The summed E-state index contributed by atoms with van der Waals surface area (Å²) in [5.74, 6) is 1.29. The van der Waals surface area contributed by atoms with Gasteiger partial charge in [-0.1, -0.05) is 23.9 Å². The van der Waals surface area contributed by atoms with E-state index in [0.717, 1.165) is 18.7 Å². The Morgan fingerprint density at radius 2 is 2.06 bits per heavy atom. The van der Waals surface area contributed by atoms with Gasteiger partial charge in [-0.3, -0.25) is 4.79 Å². The third-order valence-corrected chi connectivity index (χ3v) is 8.40. The second kappa shape index (κ2) is 9.74. The Kier molecular flexibility index (Phi) is 6.99. The summed E-state index contributed by atoms with van der Waals surface area (Å²) in [5, 5.41) is 12.0. The van der Waals surface area contributed by atoms with Crippen molar-refractivity contribution < 1.29 is 17.9 Å². The van der Waals surface area contributed by atoms with Gasteiger partial charge in [0.05, 0.1) is 23.9 Å². The number of anilines is 1. The number of benzene rings is 1. The van der Waals surface area contributed by atoms with Gasteiger partial charge in [-0.25, -0.2) is 8.42 Å². The van der Waals surface area contributed by atoms with Gasteiger partial charge in [0, 0.05) is 31.2 Å². The highest BCUT2D eigenvalue weighted by Gasteiger charge is 2.30. The zero-order valence-electron chi connectivity index (χ0n) is 18.0. The van der Waals surface area contributed by atoms with Gasteiger partial charge in [0.25, 0.3) is 0 Å². The maximum Gasteiger partial charge on any atom is 0.243 e. The number of amides is 1. The molecule has 1 amide bonds. The largest absolute Gasteiger partial charge is 0.379 e. The number of allylic oxidation sites excluding steroid dienone is 1. The zero-order valence-corrected chi connectivity index (χ0v) is 19.6. The molecule has 1 aliphatic carbocycles. The quantitative estimate of drug-likeness (QED) is 0.437. The molecule has 32 heavy (non-hydrogen) atoms. The molecule has 2 aliphatic rings. The van der Waals surface area contributed by atoms with Gasteiger partial charge in [0.1, 0.15) is 5.82 Å². The van der Waals surface area contributed by atoms with Crippen molar-refractivity contribution in [2.45, 2.75) is 42.3 Å². The van der Waals surface area contributed by atoms with Crippen LogP contribution in [0.3, 0.4) is 0 Å². The van der Waals surface area contributed by atoms with E-state index < -0.39 is 10.0 Å². The SMILES string of the molecule is C=CCn1c(SCC(=O)Nc2ccc(C)c(S(=O)(=O)N3CCOCC3)c2)nnc1C1CC1. The van der Waals surface area contributed by atoms with Crippen LogP contribution in [0.25, 0.3) is 0 Å². The molecule has 0 radical (unpaired) electrons. The summed E-state index contributed by atoms with van der Waals surface area (Å²) in [6, 6.07) is 4.94. The molecule has 1 aliphatic heterocycles. The number of hydrogen-bond acceptors (Lipinski definition) is 7. The van der Waals surface area contributed by atoms with Crippen LogP contribution in [0.5, 0.6) is 0 Å². The average Bonchev–Trinajstić information content (AvgIpc) is 3.55. The van der Waals surface area contributed by atoms with Crippen LogP contribution < -0.4 is 5.32 Å². The molecule has 9 nitrogen and oxygen atoms in total. The lowest BCUT2D eigenvalue weighted by Gasteiger charge is -2.26. The predicted octanol–water partition coefficient (Wildman–Crippen LogP) is 2.40. The summed E-state index contributed by atoms with van der Waals surface area (Å²) in [4.78, 5) is 12.8. The van der Waals surface area contributed by atoms with Crippen molar-refractivity contribution in [1.82, 2.24) is 19.1 Å². The van der Waals surface area contributed by atoms with Gasteiger partial charge in [0.15, 0.2) is 5.16 Å². The lowest BCUT2D eigenvalue weighted by Crippen LogP contribution is -2.40. The van der Waals surface area contributed by atoms with Crippen LogP contribution in [0, 0.1) is 6.92 Å².